The highest BCUT2D eigenvalue weighted by atomic mass is 19.1. The van der Waals surface area contributed by atoms with Crippen molar-refractivity contribution < 1.29 is 13.6 Å². The molecular formula is C15H10FN5O2. The van der Waals surface area contributed by atoms with Crippen LogP contribution in [0.5, 0.6) is 0 Å². The zero-order valence-electron chi connectivity index (χ0n) is 11.9. The van der Waals surface area contributed by atoms with Crippen LogP contribution >= 0.6 is 0 Å². The summed E-state index contributed by atoms with van der Waals surface area (Å²) >= 11 is 0. The molecule has 0 aliphatic heterocycles. The number of furan rings is 1. The summed E-state index contributed by atoms with van der Waals surface area (Å²) in [5, 5.41) is 11.1. The fourth-order valence-electron chi connectivity index (χ4n) is 2.45. The van der Waals surface area contributed by atoms with E-state index in [1.165, 1.54) is 24.5 Å². The molecule has 1 aromatic carbocycles. The molecule has 0 spiro atoms. The molecule has 1 N–H and O–H groups in total. The largest absolute Gasteiger partial charge is 0.459 e. The lowest BCUT2D eigenvalue weighted by molar-refractivity contribution is 0.0995. The van der Waals surface area contributed by atoms with E-state index in [0.29, 0.717) is 16.6 Å². The first-order valence-corrected chi connectivity index (χ1v) is 6.77. The minimum Gasteiger partial charge on any atom is -0.459 e. The Bertz CT molecular complexity index is 1040. The number of amides is 1. The Morgan fingerprint density at radius 1 is 1.30 bits per heavy atom. The van der Waals surface area contributed by atoms with Gasteiger partial charge in [-0.3, -0.25) is 10.1 Å². The maximum atomic E-state index is 13.4. The van der Waals surface area contributed by atoms with Crippen molar-refractivity contribution in [2.24, 2.45) is 7.05 Å². The third kappa shape index (κ3) is 2.11. The minimum atomic E-state index is -0.471. The van der Waals surface area contributed by atoms with Gasteiger partial charge in [0.2, 0.25) is 0 Å². The van der Waals surface area contributed by atoms with Crippen molar-refractivity contribution in [3.8, 4) is 0 Å². The van der Waals surface area contributed by atoms with Gasteiger partial charge in [0, 0.05) is 12.4 Å². The van der Waals surface area contributed by atoms with E-state index in [1.807, 2.05) is 0 Å². The summed E-state index contributed by atoms with van der Waals surface area (Å²) in [6.07, 6.45) is 1.40. The zero-order valence-corrected chi connectivity index (χ0v) is 11.9. The second kappa shape index (κ2) is 4.87. The highest BCUT2D eigenvalue weighted by molar-refractivity contribution is 6.05. The van der Waals surface area contributed by atoms with Crippen LogP contribution in [0.3, 0.4) is 0 Å². The number of carbonyl (C=O) groups is 1. The van der Waals surface area contributed by atoms with Crippen LogP contribution in [0.4, 0.5) is 10.3 Å². The number of hydrogen-bond donors (Lipinski definition) is 1. The van der Waals surface area contributed by atoms with Gasteiger partial charge in [0.15, 0.2) is 11.4 Å². The molecule has 0 aliphatic rings. The molecule has 0 saturated carbocycles. The van der Waals surface area contributed by atoms with Crippen LogP contribution in [-0.2, 0) is 7.05 Å². The van der Waals surface area contributed by atoms with Crippen molar-refractivity contribution >= 4 is 33.9 Å². The Kier molecular flexibility index (Phi) is 2.83. The molecule has 0 atom stereocenters. The molecule has 3 aromatic heterocycles. The standard InChI is InChI=1S/C15H10FN5O2/c1-21-10-5-4-8(16)7-9(10)12-13(21)17-15(20-19-12)18-14(22)11-3-2-6-23-11/h2-7H,1H3,(H,17,18,20,22). The first-order valence-electron chi connectivity index (χ1n) is 6.77. The van der Waals surface area contributed by atoms with Crippen molar-refractivity contribution in [3.05, 3.63) is 48.2 Å². The molecule has 0 fully saturated rings. The molecule has 8 heteroatoms. The van der Waals surface area contributed by atoms with E-state index in [9.17, 15) is 9.18 Å². The Hall–Kier alpha value is -3.29. The Balaban J connectivity index is 1.80. The fraction of sp³-hybridized carbons (Fsp3) is 0.0667. The number of hydrogen-bond acceptors (Lipinski definition) is 5. The summed E-state index contributed by atoms with van der Waals surface area (Å²) in [5.74, 6) is -0.638. The summed E-state index contributed by atoms with van der Waals surface area (Å²) < 4.78 is 20.2. The Morgan fingerprint density at radius 3 is 2.96 bits per heavy atom. The smallest absolute Gasteiger partial charge is 0.293 e. The first kappa shape index (κ1) is 13.4. The van der Waals surface area contributed by atoms with Crippen LogP contribution in [0.25, 0.3) is 22.1 Å². The molecule has 1 amide bonds. The van der Waals surface area contributed by atoms with Crippen molar-refractivity contribution in [2.75, 3.05) is 5.32 Å². The van der Waals surface area contributed by atoms with Gasteiger partial charge in [0.1, 0.15) is 11.3 Å². The molecule has 0 radical (unpaired) electrons. The van der Waals surface area contributed by atoms with E-state index in [4.69, 9.17) is 4.42 Å². The van der Waals surface area contributed by atoms with E-state index in [-0.39, 0.29) is 17.5 Å². The topological polar surface area (TPSA) is 85.8 Å². The molecule has 0 unspecified atom stereocenters. The normalized spacial score (nSPS) is 11.2. The second-order valence-corrected chi connectivity index (χ2v) is 4.96. The van der Waals surface area contributed by atoms with Gasteiger partial charge in [-0.2, -0.15) is 4.98 Å². The summed E-state index contributed by atoms with van der Waals surface area (Å²) in [6, 6.07) is 7.54. The summed E-state index contributed by atoms with van der Waals surface area (Å²) in [7, 11) is 1.79. The van der Waals surface area contributed by atoms with Gasteiger partial charge in [-0.1, -0.05) is 0 Å². The van der Waals surface area contributed by atoms with Gasteiger partial charge in [-0.15, -0.1) is 10.2 Å². The highest BCUT2D eigenvalue weighted by Crippen LogP contribution is 2.26. The van der Waals surface area contributed by atoms with E-state index >= 15 is 0 Å². The number of anilines is 1. The molecule has 114 valence electrons. The van der Waals surface area contributed by atoms with E-state index in [0.717, 1.165) is 5.52 Å². The average molecular weight is 311 g/mol. The lowest BCUT2D eigenvalue weighted by atomic mass is 10.2. The SMILES string of the molecule is Cn1c2ccc(F)cc2c2nnc(NC(=O)c3ccco3)nc21. The number of benzene rings is 1. The van der Waals surface area contributed by atoms with Crippen molar-refractivity contribution in [3.63, 3.8) is 0 Å². The molecule has 4 aromatic rings. The number of nitrogens with zero attached hydrogens (tertiary/aromatic N) is 4. The van der Waals surface area contributed by atoms with Gasteiger partial charge < -0.3 is 8.98 Å². The maximum Gasteiger partial charge on any atom is 0.293 e. The minimum absolute atomic E-state index is 0.0466. The van der Waals surface area contributed by atoms with Gasteiger partial charge in [-0.05, 0) is 30.3 Å². The highest BCUT2D eigenvalue weighted by Gasteiger charge is 2.15. The molecule has 0 bridgehead atoms. The maximum absolute atomic E-state index is 13.4. The number of carbonyl (C=O) groups excluding carboxylic acids is 1. The van der Waals surface area contributed by atoms with Crippen LogP contribution in [0.15, 0.2) is 41.0 Å². The number of aromatic nitrogens is 4. The number of rotatable bonds is 2. The molecule has 3 heterocycles. The molecule has 4 rings (SSSR count). The van der Waals surface area contributed by atoms with Crippen LogP contribution in [0.1, 0.15) is 10.6 Å². The predicted molar refractivity (Wildman–Crippen MR) is 80.4 cm³/mol. The monoisotopic (exact) mass is 311 g/mol. The lowest BCUT2D eigenvalue weighted by Gasteiger charge is -2.01. The molecule has 0 aliphatic carbocycles. The van der Waals surface area contributed by atoms with Crippen molar-refractivity contribution in [2.45, 2.75) is 0 Å². The summed E-state index contributed by atoms with van der Waals surface area (Å²) in [6.45, 7) is 0. The number of fused-ring (bicyclic) bond motifs is 3. The van der Waals surface area contributed by atoms with E-state index in [2.05, 4.69) is 20.5 Å². The lowest BCUT2D eigenvalue weighted by Crippen LogP contribution is -2.14. The molecule has 0 saturated heterocycles. The van der Waals surface area contributed by atoms with E-state index < -0.39 is 5.91 Å². The summed E-state index contributed by atoms with van der Waals surface area (Å²) in [4.78, 5) is 16.2. The van der Waals surface area contributed by atoms with Gasteiger partial charge in [0.25, 0.3) is 11.9 Å². The third-order valence-electron chi connectivity index (χ3n) is 3.53. The molecular weight excluding hydrogens is 301 g/mol. The molecule has 7 nitrogen and oxygen atoms in total. The second-order valence-electron chi connectivity index (χ2n) is 4.96. The third-order valence-corrected chi connectivity index (χ3v) is 3.53. The number of nitrogens with one attached hydrogen (secondary N) is 1. The summed E-state index contributed by atoms with van der Waals surface area (Å²) in [5.41, 5.74) is 1.74. The van der Waals surface area contributed by atoms with Gasteiger partial charge in [0.05, 0.1) is 11.8 Å². The van der Waals surface area contributed by atoms with Crippen molar-refractivity contribution in [1.82, 2.24) is 19.7 Å². The first-order chi connectivity index (χ1) is 11.1. The number of halogens is 1. The van der Waals surface area contributed by atoms with Crippen LogP contribution in [0, 0.1) is 5.82 Å². The fourth-order valence-corrected chi connectivity index (χ4v) is 2.45. The van der Waals surface area contributed by atoms with Crippen LogP contribution in [0.2, 0.25) is 0 Å². The predicted octanol–water partition coefficient (Wildman–Crippen LogP) is 2.50. The van der Waals surface area contributed by atoms with Crippen LogP contribution in [-0.4, -0.2) is 25.7 Å². The van der Waals surface area contributed by atoms with Crippen molar-refractivity contribution in [1.29, 1.82) is 0 Å². The van der Waals surface area contributed by atoms with Gasteiger partial charge in [-0.25, -0.2) is 4.39 Å². The zero-order chi connectivity index (χ0) is 16.0. The Labute approximate surface area is 128 Å². The average Bonchev–Trinajstić information content (AvgIpc) is 3.16. The number of aryl methyl sites for hydroxylation is 1. The van der Waals surface area contributed by atoms with Gasteiger partial charge >= 0.3 is 0 Å². The molecule has 23 heavy (non-hydrogen) atoms. The quantitative estimate of drug-likeness (QED) is 0.614. The van der Waals surface area contributed by atoms with E-state index in [1.54, 1.807) is 23.7 Å². The Morgan fingerprint density at radius 2 is 2.17 bits per heavy atom. The van der Waals surface area contributed by atoms with Crippen LogP contribution < -0.4 is 5.32 Å².